The number of fused-ring (bicyclic) bond motifs is 2. The quantitative estimate of drug-likeness (QED) is 0.575. The van der Waals surface area contributed by atoms with E-state index in [2.05, 4.69) is 52.6 Å². The summed E-state index contributed by atoms with van der Waals surface area (Å²) in [5.41, 5.74) is 8.22. The average molecular weight is 431 g/mol. The van der Waals surface area contributed by atoms with Crippen LogP contribution in [0.25, 0.3) is 0 Å². The second-order valence-electron chi connectivity index (χ2n) is 9.72. The molecular weight excluding hydrogens is 388 g/mol. The van der Waals surface area contributed by atoms with E-state index in [0.717, 1.165) is 76.9 Å². The van der Waals surface area contributed by atoms with Crippen LogP contribution in [0, 0.1) is 11.8 Å². The first kappa shape index (κ1) is 23.9. The molecule has 1 aliphatic heterocycles. The van der Waals surface area contributed by atoms with Gasteiger partial charge < -0.3 is 15.5 Å². The van der Waals surface area contributed by atoms with Crippen molar-refractivity contribution in [1.82, 2.24) is 24.7 Å². The van der Waals surface area contributed by atoms with Crippen molar-refractivity contribution >= 4 is 11.9 Å². The van der Waals surface area contributed by atoms with Gasteiger partial charge in [-0.25, -0.2) is 9.97 Å². The summed E-state index contributed by atoms with van der Waals surface area (Å²) in [5, 5.41) is 0. The lowest BCUT2D eigenvalue weighted by molar-refractivity contribution is -0.133. The maximum absolute atomic E-state index is 13.1. The van der Waals surface area contributed by atoms with Crippen molar-refractivity contribution in [2.45, 2.75) is 64.8 Å². The predicted octanol–water partition coefficient (Wildman–Crippen LogP) is 2.45. The summed E-state index contributed by atoms with van der Waals surface area (Å²) in [6.45, 7) is 9.25. The van der Waals surface area contributed by atoms with Crippen molar-refractivity contribution in [2.75, 3.05) is 52.6 Å². The molecule has 1 aromatic rings. The minimum Gasteiger partial charge on any atom is -0.368 e. The van der Waals surface area contributed by atoms with Crippen molar-refractivity contribution in [2.24, 2.45) is 11.8 Å². The highest BCUT2D eigenvalue weighted by atomic mass is 16.2. The highest BCUT2D eigenvalue weighted by Crippen LogP contribution is 2.37. The number of nitrogens with zero attached hydrogens (tertiary/aromatic N) is 5. The van der Waals surface area contributed by atoms with E-state index in [4.69, 9.17) is 5.73 Å². The number of unbranched alkanes of at least 4 members (excludes halogenated alkanes) is 1. The number of carbonyl (C=O) groups excluding carboxylic acids is 1. The molecule has 1 aliphatic carbocycles. The molecule has 0 spiro atoms. The van der Waals surface area contributed by atoms with Crippen LogP contribution in [0.2, 0.25) is 0 Å². The number of nitrogen functional groups attached to an aromatic ring is 1. The van der Waals surface area contributed by atoms with E-state index in [0.29, 0.717) is 36.2 Å². The Morgan fingerprint density at radius 3 is 2.71 bits per heavy atom. The molecule has 0 saturated carbocycles. The average Bonchev–Trinajstić information content (AvgIpc) is 2.72. The highest BCUT2D eigenvalue weighted by molar-refractivity contribution is 5.76. The van der Waals surface area contributed by atoms with Gasteiger partial charge in [-0.1, -0.05) is 6.92 Å². The molecule has 0 radical (unpaired) electrons. The largest absolute Gasteiger partial charge is 0.368 e. The Labute approximate surface area is 188 Å². The van der Waals surface area contributed by atoms with Crippen molar-refractivity contribution in [3.8, 4) is 0 Å². The fourth-order valence-corrected chi connectivity index (χ4v) is 5.48. The zero-order valence-electron chi connectivity index (χ0n) is 20.0. The number of rotatable bonds is 10. The van der Waals surface area contributed by atoms with Gasteiger partial charge in [-0.2, -0.15) is 0 Å². The molecule has 2 N–H and O–H groups in total. The Morgan fingerprint density at radius 2 is 2.00 bits per heavy atom. The number of aromatic nitrogens is 2. The number of nitrogens with two attached hydrogens (primary N) is 1. The number of amides is 1. The summed E-state index contributed by atoms with van der Waals surface area (Å²) in [7, 11) is 4.20. The summed E-state index contributed by atoms with van der Waals surface area (Å²) in [4.78, 5) is 28.8. The molecule has 1 fully saturated rings. The molecule has 0 bridgehead atoms. The first-order valence-corrected chi connectivity index (χ1v) is 12.2. The summed E-state index contributed by atoms with van der Waals surface area (Å²) >= 11 is 0. The van der Waals surface area contributed by atoms with Gasteiger partial charge in [0, 0.05) is 44.0 Å². The van der Waals surface area contributed by atoms with Crippen molar-refractivity contribution in [3.05, 3.63) is 17.5 Å². The molecule has 31 heavy (non-hydrogen) atoms. The molecule has 0 unspecified atom stereocenters. The van der Waals surface area contributed by atoms with Crippen LogP contribution in [0.4, 0.5) is 5.95 Å². The monoisotopic (exact) mass is 430 g/mol. The van der Waals surface area contributed by atoms with E-state index in [9.17, 15) is 4.79 Å². The molecule has 1 amide bonds. The second-order valence-corrected chi connectivity index (χ2v) is 9.72. The van der Waals surface area contributed by atoms with Crippen LogP contribution in [0.3, 0.4) is 0 Å². The van der Waals surface area contributed by atoms with Crippen LogP contribution in [0.5, 0.6) is 0 Å². The van der Waals surface area contributed by atoms with Crippen LogP contribution in [0.15, 0.2) is 6.20 Å². The molecule has 2 aliphatic rings. The van der Waals surface area contributed by atoms with Crippen molar-refractivity contribution < 1.29 is 4.79 Å². The number of carbonyl (C=O) groups is 1. The molecular formula is C24H42N6O. The summed E-state index contributed by atoms with van der Waals surface area (Å²) < 4.78 is 0. The maximum atomic E-state index is 13.1. The zero-order valence-corrected chi connectivity index (χ0v) is 20.0. The van der Waals surface area contributed by atoms with Gasteiger partial charge in [0.1, 0.15) is 0 Å². The molecule has 7 nitrogen and oxygen atoms in total. The molecule has 3 rings (SSSR count). The van der Waals surface area contributed by atoms with Gasteiger partial charge in [-0.05, 0) is 90.0 Å². The summed E-state index contributed by atoms with van der Waals surface area (Å²) in [6.07, 6.45) is 9.02. The summed E-state index contributed by atoms with van der Waals surface area (Å²) in [5.74, 6) is 1.68. The topological polar surface area (TPSA) is 78.6 Å². The van der Waals surface area contributed by atoms with Crippen LogP contribution in [-0.4, -0.2) is 83.4 Å². The lowest BCUT2D eigenvalue weighted by Crippen LogP contribution is -2.53. The van der Waals surface area contributed by atoms with Gasteiger partial charge in [0.2, 0.25) is 11.9 Å². The van der Waals surface area contributed by atoms with Gasteiger partial charge in [-0.15, -0.1) is 0 Å². The Hall–Kier alpha value is -1.73. The van der Waals surface area contributed by atoms with Crippen molar-refractivity contribution in [3.63, 3.8) is 0 Å². The highest BCUT2D eigenvalue weighted by Gasteiger charge is 2.40. The number of piperidine rings is 1. The maximum Gasteiger partial charge on any atom is 0.222 e. The van der Waals surface area contributed by atoms with E-state index in [1.165, 1.54) is 5.56 Å². The molecule has 1 aromatic heterocycles. The second kappa shape index (κ2) is 11.2. The molecule has 3 atom stereocenters. The number of hydrogen-bond acceptors (Lipinski definition) is 6. The van der Waals surface area contributed by atoms with Gasteiger partial charge in [0.05, 0.1) is 0 Å². The van der Waals surface area contributed by atoms with Crippen molar-refractivity contribution in [1.29, 1.82) is 0 Å². The van der Waals surface area contributed by atoms with Gasteiger partial charge in [0.15, 0.2) is 0 Å². The van der Waals surface area contributed by atoms with E-state index in [-0.39, 0.29) is 0 Å². The van der Waals surface area contributed by atoms with Crippen LogP contribution >= 0.6 is 0 Å². The number of anilines is 1. The van der Waals surface area contributed by atoms with E-state index >= 15 is 0 Å². The Bertz CT molecular complexity index is 724. The molecule has 174 valence electrons. The van der Waals surface area contributed by atoms with Crippen LogP contribution in [-0.2, 0) is 17.6 Å². The fraction of sp³-hybridized carbons (Fsp3) is 0.792. The molecule has 2 heterocycles. The minimum absolute atomic E-state index is 0.329. The lowest BCUT2D eigenvalue weighted by Gasteiger charge is -2.47. The number of hydrogen-bond donors (Lipinski definition) is 1. The third-order valence-electron chi connectivity index (χ3n) is 6.99. The number of likely N-dealkylation sites (tertiary alicyclic amines) is 1. The molecule has 7 heteroatoms. The third kappa shape index (κ3) is 6.39. The standard InChI is InChI=1S/C24H42N6O/c1-5-9-30-17-18(13-23(31)29(6-2)11-8-7-10-28(3)4)12-19-14-21-20(15-22(19)30)16-26-24(25)27-21/h16,18-19,22H,5-15,17H2,1-4H3,(H2,25,26,27)/t18-,19-,22-/m1/s1. The van der Waals surface area contributed by atoms with E-state index in [1.807, 2.05) is 6.20 Å². The Morgan fingerprint density at radius 1 is 1.23 bits per heavy atom. The Kier molecular flexibility index (Phi) is 8.67. The SMILES string of the molecule is CCCN1C[C@@H](CC(=O)N(CC)CCCCN(C)C)C[C@@H]2Cc3nc(N)ncc3C[C@H]21. The van der Waals surface area contributed by atoms with Gasteiger partial charge in [-0.3, -0.25) is 9.69 Å². The zero-order chi connectivity index (χ0) is 22.4. The smallest absolute Gasteiger partial charge is 0.222 e. The van der Waals surface area contributed by atoms with Gasteiger partial charge >= 0.3 is 0 Å². The third-order valence-corrected chi connectivity index (χ3v) is 6.99. The molecule has 0 aromatic carbocycles. The first-order valence-electron chi connectivity index (χ1n) is 12.2. The van der Waals surface area contributed by atoms with Crippen LogP contribution < -0.4 is 5.73 Å². The Balaban J connectivity index is 1.61. The van der Waals surface area contributed by atoms with Gasteiger partial charge in [0.25, 0.3) is 0 Å². The lowest BCUT2D eigenvalue weighted by atomic mass is 9.73. The van der Waals surface area contributed by atoms with E-state index in [1.54, 1.807) is 0 Å². The van der Waals surface area contributed by atoms with Crippen LogP contribution in [0.1, 0.15) is 57.2 Å². The predicted molar refractivity (Wildman–Crippen MR) is 126 cm³/mol. The first-order chi connectivity index (χ1) is 14.9. The summed E-state index contributed by atoms with van der Waals surface area (Å²) in [6, 6.07) is 0.541. The fourth-order valence-electron chi connectivity index (χ4n) is 5.48. The molecule has 1 saturated heterocycles. The van der Waals surface area contributed by atoms with E-state index < -0.39 is 0 Å². The minimum atomic E-state index is 0.329. The normalized spacial score (nSPS) is 23.5.